The zero-order valence-electron chi connectivity index (χ0n) is 12.9. The van der Waals surface area contributed by atoms with Crippen molar-refractivity contribution < 1.29 is 9.53 Å². The highest BCUT2D eigenvalue weighted by molar-refractivity contribution is 5.91. The van der Waals surface area contributed by atoms with Crippen LogP contribution in [0.25, 0.3) is 0 Å². The summed E-state index contributed by atoms with van der Waals surface area (Å²) >= 11 is 0. The van der Waals surface area contributed by atoms with E-state index in [1.54, 1.807) is 19.2 Å². The lowest BCUT2D eigenvalue weighted by molar-refractivity contribution is -0.117. The molecule has 5 heteroatoms. The molecule has 21 heavy (non-hydrogen) atoms. The van der Waals surface area contributed by atoms with Crippen molar-refractivity contribution in [2.24, 2.45) is 0 Å². The molecule has 1 aliphatic rings. The molecule has 0 radical (unpaired) electrons. The van der Waals surface area contributed by atoms with Gasteiger partial charge in [0.1, 0.15) is 0 Å². The molecule has 0 bridgehead atoms. The topological polar surface area (TPSA) is 67.6 Å². The molecular formula is C16H25N3O2. The fourth-order valence-corrected chi connectivity index (χ4v) is 2.76. The number of nitrogens with one attached hydrogen (secondary N) is 1. The summed E-state index contributed by atoms with van der Waals surface area (Å²) in [4.78, 5) is 14.3. The number of nitrogens with zero attached hydrogens (tertiary/aromatic N) is 1. The van der Waals surface area contributed by atoms with Crippen LogP contribution in [0.3, 0.4) is 0 Å². The first-order valence-corrected chi connectivity index (χ1v) is 7.44. The summed E-state index contributed by atoms with van der Waals surface area (Å²) in [6.07, 6.45) is 2.67. The summed E-state index contributed by atoms with van der Waals surface area (Å²) in [7, 11) is 1.76. The molecule has 1 aliphatic heterocycles. The lowest BCUT2D eigenvalue weighted by atomic mass is 9.94. The van der Waals surface area contributed by atoms with E-state index >= 15 is 0 Å². The molecule has 0 saturated carbocycles. The fraction of sp³-hybridized carbons (Fsp3) is 0.562. The van der Waals surface area contributed by atoms with Gasteiger partial charge < -0.3 is 15.8 Å². The number of hydrogen-bond donors (Lipinski definition) is 2. The zero-order valence-corrected chi connectivity index (χ0v) is 12.9. The Morgan fingerprint density at radius 1 is 1.52 bits per heavy atom. The Bertz CT molecular complexity index is 492. The van der Waals surface area contributed by atoms with Crippen molar-refractivity contribution in [3.05, 3.63) is 24.3 Å². The Morgan fingerprint density at radius 3 is 3.05 bits per heavy atom. The van der Waals surface area contributed by atoms with E-state index in [0.29, 0.717) is 12.1 Å². The van der Waals surface area contributed by atoms with Gasteiger partial charge in [-0.15, -0.1) is 0 Å². The number of piperidine rings is 1. The minimum absolute atomic E-state index is 0.0188. The predicted octanol–water partition coefficient (Wildman–Crippen LogP) is 2.10. The average molecular weight is 291 g/mol. The largest absolute Gasteiger partial charge is 0.399 e. The summed E-state index contributed by atoms with van der Waals surface area (Å²) in [5.74, 6) is 0.0188. The zero-order chi connectivity index (χ0) is 15.3. The van der Waals surface area contributed by atoms with Crippen LogP contribution in [0, 0.1) is 0 Å². The highest BCUT2D eigenvalue weighted by atomic mass is 16.5. The molecule has 1 unspecified atom stereocenters. The first kappa shape index (κ1) is 15.8. The molecule has 0 aliphatic carbocycles. The predicted molar refractivity (Wildman–Crippen MR) is 85.2 cm³/mol. The molecule has 2 rings (SSSR count). The van der Waals surface area contributed by atoms with Crippen LogP contribution < -0.4 is 11.1 Å². The van der Waals surface area contributed by atoms with Crippen molar-refractivity contribution in [2.45, 2.75) is 31.8 Å². The number of carbonyl (C=O) groups excluding carboxylic acids is 1. The second kappa shape index (κ2) is 6.91. The van der Waals surface area contributed by atoms with Gasteiger partial charge in [-0.3, -0.25) is 9.69 Å². The molecule has 1 aromatic carbocycles. The minimum atomic E-state index is -0.0807. The number of amides is 1. The molecule has 1 amide bonds. The van der Waals surface area contributed by atoms with Crippen LogP contribution in [0.5, 0.6) is 0 Å². The van der Waals surface area contributed by atoms with Gasteiger partial charge in [0.25, 0.3) is 0 Å². The minimum Gasteiger partial charge on any atom is -0.399 e. The summed E-state index contributed by atoms with van der Waals surface area (Å²) in [5, 5.41) is 2.88. The second-order valence-electron chi connectivity index (χ2n) is 5.96. The number of rotatable bonds is 5. The molecule has 0 aromatic heterocycles. The quantitative estimate of drug-likeness (QED) is 0.815. The average Bonchev–Trinajstić information content (AvgIpc) is 2.45. The van der Waals surface area contributed by atoms with E-state index in [4.69, 9.17) is 10.5 Å². The molecule has 116 valence electrons. The first-order chi connectivity index (χ1) is 10.0. The molecule has 1 aromatic rings. The maximum absolute atomic E-state index is 12.0. The molecule has 1 heterocycles. The van der Waals surface area contributed by atoms with Crippen LogP contribution in [0.4, 0.5) is 11.4 Å². The molecule has 1 fully saturated rings. The maximum atomic E-state index is 12.0. The van der Waals surface area contributed by atoms with Gasteiger partial charge in [0.2, 0.25) is 5.91 Å². The van der Waals surface area contributed by atoms with Gasteiger partial charge in [0, 0.05) is 38.0 Å². The van der Waals surface area contributed by atoms with E-state index in [1.165, 1.54) is 0 Å². The first-order valence-electron chi connectivity index (χ1n) is 7.44. The van der Waals surface area contributed by atoms with Crippen molar-refractivity contribution >= 4 is 17.3 Å². The van der Waals surface area contributed by atoms with E-state index in [9.17, 15) is 4.79 Å². The van der Waals surface area contributed by atoms with Gasteiger partial charge in [-0.05, 0) is 44.5 Å². The van der Waals surface area contributed by atoms with Gasteiger partial charge in [-0.1, -0.05) is 6.07 Å². The molecule has 0 spiro atoms. The number of likely N-dealkylation sites (tertiary alicyclic amines) is 1. The number of nitrogen functional groups attached to an aromatic ring is 1. The number of ether oxygens (including phenoxy) is 1. The second-order valence-corrected chi connectivity index (χ2v) is 5.96. The van der Waals surface area contributed by atoms with Gasteiger partial charge in [-0.2, -0.15) is 0 Å². The standard InChI is InChI=1S/C16H25N3O2/c1-16(21-2)8-4-9-19(12-16)10-7-15(20)18-14-6-3-5-13(17)11-14/h3,5-6,11H,4,7-10,12,17H2,1-2H3,(H,18,20). The fourth-order valence-electron chi connectivity index (χ4n) is 2.76. The summed E-state index contributed by atoms with van der Waals surface area (Å²) in [5.41, 5.74) is 7.02. The number of anilines is 2. The van der Waals surface area contributed by atoms with Crippen LogP contribution in [-0.2, 0) is 9.53 Å². The molecule has 1 atom stereocenters. The highest BCUT2D eigenvalue weighted by Crippen LogP contribution is 2.23. The summed E-state index contributed by atoms with van der Waals surface area (Å²) in [6.45, 7) is 4.80. The maximum Gasteiger partial charge on any atom is 0.225 e. The van der Waals surface area contributed by atoms with Crippen LogP contribution in [0.15, 0.2) is 24.3 Å². The Morgan fingerprint density at radius 2 is 2.33 bits per heavy atom. The van der Waals surface area contributed by atoms with Crippen LogP contribution in [-0.4, -0.2) is 43.2 Å². The third kappa shape index (κ3) is 4.72. The van der Waals surface area contributed by atoms with E-state index in [1.807, 2.05) is 12.1 Å². The van der Waals surface area contributed by atoms with E-state index in [-0.39, 0.29) is 11.5 Å². The number of hydrogen-bond acceptors (Lipinski definition) is 4. The van der Waals surface area contributed by atoms with E-state index in [0.717, 1.165) is 38.2 Å². The van der Waals surface area contributed by atoms with Crippen molar-refractivity contribution in [3.63, 3.8) is 0 Å². The lowest BCUT2D eigenvalue weighted by Gasteiger charge is -2.39. The summed E-state index contributed by atoms with van der Waals surface area (Å²) < 4.78 is 5.57. The Hall–Kier alpha value is -1.59. The van der Waals surface area contributed by atoms with Crippen molar-refractivity contribution in [3.8, 4) is 0 Å². The number of nitrogens with two attached hydrogens (primary N) is 1. The van der Waals surface area contributed by atoms with E-state index < -0.39 is 0 Å². The van der Waals surface area contributed by atoms with Crippen LogP contribution in [0.1, 0.15) is 26.2 Å². The van der Waals surface area contributed by atoms with Gasteiger partial charge >= 0.3 is 0 Å². The van der Waals surface area contributed by atoms with Crippen molar-refractivity contribution in [1.82, 2.24) is 4.90 Å². The monoisotopic (exact) mass is 291 g/mol. The van der Waals surface area contributed by atoms with Crippen molar-refractivity contribution in [1.29, 1.82) is 0 Å². The van der Waals surface area contributed by atoms with Gasteiger partial charge in [0.05, 0.1) is 5.60 Å². The number of methoxy groups -OCH3 is 1. The summed E-state index contributed by atoms with van der Waals surface area (Å²) in [6, 6.07) is 7.24. The van der Waals surface area contributed by atoms with E-state index in [2.05, 4.69) is 17.1 Å². The van der Waals surface area contributed by atoms with Crippen molar-refractivity contribution in [2.75, 3.05) is 37.8 Å². The third-order valence-corrected chi connectivity index (χ3v) is 4.06. The Labute approximate surface area is 126 Å². The molecule has 5 nitrogen and oxygen atoms in total. The smallest absolute Gasteiger partial charge is 0.225 e. The van der Waals surface area contributed by atoms with Gasteiger partial charge in [-0.25, -0.2) is 0 Å². The van der Waals surface area contributed by atoms with Crippen LogP contribution in [0.2, 0.25) is 0 Å². The Balaban J connectivity index is 1.79. The molecule has 1 saturated heterocycles. The van der Waals surface area contributed by atoms with Gasteiger partial charge in [0.15, 0.2) is 0 Å². The molecule has 3 N–H and O–H groups in total. The normalized spacial score (nSPS) is 23.0. The lowest BCUT2D eigenvalue weighted by Crippen LogP contribution is -2.47. The Kier molecular flexibility index (Phi) is 5.20. The number of carbonyl (C=O) groups is 1. The highest BCUT2D eigenvalue weighted by Gasteiger charge is 2.30. The van der Waals surface area contributed by atoms with Crippen LogP contribution >= 0.6 is 0 Å². The molecular weight excluding hydrogens is 266 g/mol. The number of benzene rings is 1. The SMILES string of the molecule is COC1(C)CCCN(CCC(=O)Nc2cccc(N)c2)C1. The third-order valence-electron chi connectivity index (χ3n) is 4.06.